The van der Waals surface area contributed by atoms with Gasteiger partial charge >= 0.3 is 0 Å². The van der Waals surface area contributed by atoms with Crippen molar-refractivity contribution in [2.45, 2.75) is 38.5 Å². The van der Waals surface area contributed by atoms with Crippen molar-refractivity contribution in [1.82, 2.24) is 4.57 Å². The molecule has 11 aromatic carbocycles. The van der Waals surface area contributed by atoms with Crippen LogP contribution < -0.4 is 9.80 Å². The van der Waals surface area contributed by atoms with Gasteiger partial charge in [-0.05, 0) is 128 Å². The highest BCUT2D eigenvalue weighted by molar-refractivity contribution is 6.32. The number of para-hydroxylation sites is 3. The molecule has 3 nitrogen and oxygen atoms in total. The molecule has 12 aromatic rings. The molecule has 0 fully saturated rings. The molecule has 0 amide bonds. The molecular formula is C68H51N3. The Bertz CT molecular complexity index is 3860. The highest BCUT2D eigenvalue weighted by Gasteiger charge is 2.38. The van der Waals surface area contributed by atoms with E-state index < -0.39 is 0 Å². The third kappa shape index (κ3) is 6.02. The second kappa shape index (κ2) is 15.4. The van der Waals surface area contributed by atoms with Crippen LogP contribution in [0.25, 0.3) is 71.3 Å². The molecule has 0 aliphatic heterocycles. The van der Waals surface area contributed by atoms with Gasteiger partial charge in [0.1, 0.15) is 0 Å². The molecule has 0 spiro atoms. The third-order valence-electron chi connectivity index (χ3n) is 15.9. The van der Waals surface area contributed by atoms with Gasteiger partial charge in [-0.2, -0.15) is 0 Å². The number of rotatable bonds is 7. The summed E-state index contributed by atoms with van der Waals surface area (Å²) in [6, 6.07) is 88.0. The Kier molecular flexibility index (Phi) is 8.98. The van der Waals surface area contributed by atoms with Crippen LogP contribution in [0.2, 0.25) is 0 Å². The molecule has 1 aromatic heterocycles. The summed E-state index contributed by atoms with van der Waals surface area (Å²) in [6.45, 7) is 9.48. The van der Waals surface area contributed by atoms with Crippen LogP contribution in [0.3, 0.4) is 0 Å². The number of benzene rings is 11. The monoisotopic (exact) mass is 909 g/mol. The zero-order valence-corrected chi connectivity index (χ0v) is 40.4. The van der Waals surface area contributed by atoms with Gasteiger partial charge < -0.3 is 14.4 Å². The van der Waals surface area contributed by atoms with Crippen LogP contribution in [0.5, 0.6) is 0 Å². The normalized spacial score (nSPS) is 13.9. The molecule has 2 aliphatic carbocycles. The number of aromatic nitrogens is 1. The summed E-state index contributed by atoms with van der Waals surface area (Å²) >= 11 is 0. The van der Waals surface area contributed by atoms with Gasteiger partial charge in [0, 0.05) is 60.8 Å². The first-order valence-corrected chi connectivity index (χ1v) is 24.9. The first-order chi connectivity index (χ1) is 34.8. The minimum atomic E-state index is -0.149. The molecule has 2 aliphatic rings. The van der Waals surface area contributed by atoms with Crippen LogP contribution in [0.15, 0.2) is 237 Å². The second-order valence-electron chi connectivity index (χ2n) is 20.5. The van der Waals surface area contributed by atoms with Gasteiger partial charge in [-0.25, -0.2) is 0 Å². The molecule has 0 N–H and O–H groups in total. The molecule has 0 bridgehead atoms. The lowest BCUT2D eigenvalue weighted by Crippen LogP contribution is -2.16. The van der Waals surface area contributed by atoms with Crippen molar-refractivity contribution in [1.29, 1.82) is 0 Å². The molecule has 0 unspecified atom stereocenters. The smallest absolute Gasteiger partial charge is 0.0568 e. The Labute approximate surface area is 415 Å². The molecule has 0 saturated carbocycles. The zero-order valence-electron chi connectivity index (χ0n) is 40.4. The van der Waals surface area contributed by atoms with Gasteiger partial charge in [0.05, 0.1) is 22.4 Å². The summed E-state index contributed by atoms with van der Waals surface area (Å²) in [6.07, 6.45) is 0. The molecular weight excluding hydrogens is 859 g/mol. The lowest BCUT2D eigenvalue weighted by molar-refractivity contribution is 0.660. The van der Waals surface area contributed by atoms with E-state index in [2.05, 4.69) is 279 Å². The van der Waals surface area contributed by atoms with Crippen molar-refractivity contribution >= 4 is 77.5 Å². The summed E-state index contributed by atoms with van der Waals surface area (Å²) in [4.78, 5) is 4.98. The fourth-order valence-electron chi connectivity index (χ4n) is 12.6. The number of anilines is 6. The van der Waals surface area contributed by atoms with Crippen LogP contribution in [0.1, 0.15) is 49.9 Å². The highest BCUT2D eigenvalue weighted by atomic mass is 15.2. The minimum Gasteiger partial charge on any atom is -0.310 e. The SMILES string of the molecule is CC1(C)c2ccccc2-c2ccc(N(c3ccccc3)c3cc4c(c5ccccc35)c3c5ccccc5c(N(c5ccccc5)c5ccc6c(c5)C(C)(C)c5ccccc5-6)cc3n4-c3ccccc3)cc21. The fourth-order valence-corrected chi connectivity index (χ4v) is 12.6. The molecule has 71 heavy (non-hydrogen) atoms. The Morgan fingerprint density at radius 2 is 0.648 bits per heavy atom. The highest BCUT2D eigenvalue weighted by Crippen LogP contribution is 2.55. The van der Waals surface area contributed by atoms with Gasteiger partial charge in [-0.15, -0.1) is 0 Å². The van der Waals surface area contributed by atoms with E-state index in [1.54, 1.807) is 0 Å². The van der Waals surface area contributed by atoms with E-state index in [4.69, 9.17) is 0 Å². The molecule has 14 rings (SSSR count). The summed E-state index contributed by atoms with van der Waals surface area (Å²) < 4.78 is 2.52. The maximum absolute atomic E-state index is 2.52. The van der Waals surface area contributed by atoms with Crippen LogP contribution >= 0.6 is 0 Å². The summed E-state index contributed by atoms with van der Waals surface area (Å²) in [7, 11) is 0. The van der Waals surface area contributed by atoms with Crippen LogP contribution in [-0.4, -0.2) is 4.57 Å². The molecule has 3 heteroatoms. The molecule has 0 radical (unpaired) electrons. The first-order valence-electron chi connectivity index (χ1n) is 24.9. The van der Waals surface area contributed by atoms with Gasteiger partial charge in [0.15, 0.2) is 0 Å². The lowest BCUT2D eigenvalue weighted by atomic mass is 9.82. The number of fused-ring (bicyclic) bond motifs is 13. The maximum Gasteiger partial charge on any atom is 0.0568 e. The largest absolute Gasteiger partial charge is 0.310 e. The molecule has 338 valence electrons. The second-order valence-corrected chi connectivity index (χ2v) is 20.5. The Balaban J connectivity index is 1.07. The van der Waals surface area contributed by atoms with Crippen molar-refractivity contribution in [3.05, 3.63) is 259 Å². The van der Waals surface area contributed by atoms with E-state index in [0.717, 1.165) is 50.8 Å². The Morgan fingerprint density at radius 3 is 1.08 bits per heavy atom. The van der Waals surface area contributed by atoms with E-state index in [1.165, 1.54) is 76.8 Å². The number of nitrogens with zero attached hydrogens (tertiary/aromatic N) is 3. The number of hydrogen-bond donors (Lipinski definition) is 0. The topological polar surface area (TPSA) is 11.4 Å². The maximum atomic E-state index is 2.52. The van der Waals surface area contributed by atoms with E-state index >= 15 is 0 Å². The standard InChI is InChI=1S/C68H51N3/c1-67(2)57-34-20-18-28-49(57)51-38-36-47(40-59(51)67)69(44-22-8-5-9-23-44)61-42-63-65(55-32-16-14-30-53(55)61)66-56-33-17-15-31-54(56)62(43-64(66)71(63)46-26-12-7-13-27-46)70(45-24-10-6-11-25-45)48-37-39-52-50-29-19-21-35-58(50)68(3,4)60(52)41-48/h5-43H,1-4H3. The Morgan fingerprint density at radius 1 is 0.296 bits per heavy atom. The van der Waals surface area contributed by atoms with E-state index in [9.17, 15) is 0 Å². The summed E-state index contributed by atoms with van der Waals surface area (Å²) in [5.41, 5.74) is 20.6. The predicted molar refractivity (Wildman–Crippen MR) is 300 cm³/mol. The fraction of sp³-hybridized carbons (Fsp3) is 0.0882. The quantitative estimate of drug-likeness (QED) is 0.158. The first kappa shape index (κ1) is 41.3. The van der Waals surface area contributed by atoms with Gasteiger partial charge in [0.25, 0.3) is 0 Å². The van der Waals surface area contributed by atoms with Crippen molar-refractivity contribution in [2.75, 3.05) is 9.80 Å². The van der Waals surface area contributed by atoms with Gasteiger partial charge in [0.2, 0.25) is 0 Å². The summed E-state index contributed by atoms with van der Waals surface area (Å²) in [5, 5.41) is 7.31. The van der Waals surface area contributed by atoms with Crippen LogP contribution in [-0.2, 0) is 10.8 Å². The molecule has 0 saturated heterocycles. The van der Waals surface area contributed by atoms with Crippen molar-refractivity contribution < 1.29 is 0 Å². The van der Waals surface area contributed by atoms with E-state index in [1.807, 2.05) is 0 Å². The third-order valence-corrected chi connectivity index (χ3v) is 15.9. The average Bonchev–Trinajstić information content (AvgIpc) is 3.97. The summed E-state index contributed by atoms with van der Waals surface area (Å²) in [5.74, 6) is 0. The number of hydrogen-bond acceptors (Lipinski definition) is 2. The van der Waals surface area contributed by atoms with E-state index in [0.29, 0.717) is 0 Å². The lowest BCUT2D eigenvalue weighted by Gasteiger charge is -2.29. The van der Waals surface area contributed by atoms with Gasteiger partial charge in [-0.1, -0.05) is 191 Å². The van der Waals surface area contributed by atoms with Crippen LogP contribution in [0, 0.1) is 0 Å². The van der Waals surface area contributed by atoms with E-state index in [-0.39, 0.29) is 10.8 Å². The van der Waals surface area contributed by atoms with Gasteiger partial charge in [-0.3, -0.25) is 0 Å². The predicted octanol–water partition coefficient (Wildman–Crippen LogP) is 18.6. The van der Waals surface area contributed by atoms with Crippen LogP contribution in [0.4, 0.5) is 34.1 Å². The zero-order chi connectivity index (χ0) is 47.6. The van der Waals surface area contributed by atoms with Crippen molar-refractivity contribution in [3.63, 3.8) is 0 Å². The molecule has 0 atom stereocenters. The molecule has 1 heterocycles. The average molecular weight is 910 g/mol. The Hall–Kier alpha value is -8.66. The van der Waals surface area contributed by atoms with Crippen molar-refractivity contribution in [2.24, 2.45) is 0 Å². The minimum absolute atomic E-state index is 0.149. The van der Waals surface area contributed by atoms with Crippen molar-refractivity contribution in [3.8, 4) is 27.9 Å².